The zero-order valence-electron chi connectivity index (χ0n) is 11.3. The third-order valence-electron chi connectivity index (χ3n) is 2.86. The second kappa shape index (κ2) is 7.18. The molecule has 1 N–H and O–H groups in total. The van der Waals surface area contributed by atoms with E-state index in [9.17, 15) is 4.79 Å². The highest BCUT2D eigenvalue weighted by Crippen LogP contribution is 2.13. The molecule has 5 heteroatoms. The van der Waals surface area contributed by atoms with Crippen LogP contribution in [0.25, 0.3) is 0 Å². The first-order chi connectivity index (χ1) is 8.54. The highest BCUT2D eigenvalue weighted by Gasteiger charge is 2.15. The first-order valence-corrected chi connectivity index (χ1v) is 6.21. The van der Waals surface area contributed by atoms with Crippen LogP contribution in [0.4, 0.5) is 0 Å². The number of rotatable bonds is 8. The van der Waals surface area contributed by atoms with Crippen molar-refractivity contribution in [3.63, 3.8) is 0 Å². The first kappa shape index (κ1) is 14.7. The monoisotopic (exact) mass is 254 g/mol. The van der Waals surface area contributed by atoms with E-state index in [2.05, 4.69) is 30.8 Å². The third kappa shape index (κ3) is 4.50. The van der Waals surface area contributed by atoms with E-state index < -0.39 is 5.97 Å². The van der Waals surface area contributed by atoms with Gasteiger partial charge in [-0.25, -0.2) is 4.79 Å². The Morgan fingerprint density at radius 1 is 1.39 bits per heavy atom. The summed E-state index contributed by atoms with van der Waals surface area (Å²) in [6.45, 7) is 5.60. The molecule has 1 rings (SSSR count). The first-order valence-electron chi connectivity index (χ1n) is 6.21. The van der Waals surface area contributed by atoms with E-state index >= 15 is 0 Å². The molecule has 18 heavy (non-hydrogen) atoms. The van der Waals surface area contributed by atoms with Crippen molar-refractivity contribution in [3.8, 4) is 0 Å². The molecule has 0 aromatic carbocycles. The Kier molecular flexibility index (Phi) is 5.88. The number of hydrogen-bond donors (Lipinski definition) is 1. The summed E-state index contributed by atoms with van der Waals surface area (Å²) in [5.41, 5.74) is 0.745. The predicted molar refractivity (Wildman–Crippen MR) is 69.8 cm³/mol. The van der Waals surface area contributed by atoms with Gasteiger partial charge in [-0.2, -0.15) is 0 Å². The van der Waals surface area contributed by atoms with Gasteiger partial charge in [-0.05, 0) is 46.2 Å². The largest absolute Gasteiger partial charge is 0.475 e. The van der Waals surface area contributed by atoms with E-state index in [1.165, 1.54) is 6.26 Å². The van der Waals surface area contributed by atoms with Crippen molar-refractivity contribution in [2.45, 2.75) is 19.9 Å². The minimum absolute atomic E-state index is 0.0565. The SMILES string of the molecule is CCN(CCCN(C)C)Cc1ccoc1C(=O)O. The van der Waals surface area contributed by atoms with Crippen LogP contribution in [0.5, 0.6) is 0 Å². The fraction of sp³-hybridized carbons (Fsp3) is 0.615. The number of furan rings is 1. The Hall–Kier alpha value is -1.33. The lowest BCUT2D eigenvalue weighted by atomic mass is 10.2. The molecule has 0 amide bonds. The van der Waals surface area contributed by atoms with E-state index in [1.54, 1.807) is 6.07 Å². The molecule has 1 aromatic rings. The molecule has 0 unspecified atom stereocenters. The molecule has 0 spiro atoms. The number of carbonyl (C=O) groups is 1. The van der Waals surface area contributed by atoms with Gasteiger partial charge in [0, 0.05) is 12.1 Å². The van der Waals surface area contributed by atoms with Crippen LogP contribution in [0.3, 0.4) is 0 Å². The van der Waals surface area contributed by atoms with Crippen molar-refractivity contribution in [1.29, 1.82) is 0 Å². The van der Waals surface area contributed by atoms with Gasteiger partial charge in [0.05, 0.1) is 6.26 Å². The number of hydrogen-bond acceptors (Lipinski definition) is 4. The van der Waals surface area contributed by atoms with E-state index in [-0.39, 0.29) is 5.76 Å². The average molecular weight is 254 g/mol. The highest BCUT2D eigenvalue weighted by atomic mass is 16.4. The summed E-state index contributed by atoms with van der Waals surface area (Å²) in [4.78, 5) is 15.3. The third-order valence-corrected chi connectivity index (χ3v) is 2.86. The van der Waals surface area contributed by atoms with Crippen molar-refractivity contribution in [1.82, 2.24) is 9.80 Å². The summed E-state index contributed by atoms with van der Waals surface area (Å²) in [6, 6.07) is 1.73. The topological polar surface area (TPSA) is 56.9 Å². The van der Waals surface area contributed by atoms with Gasteiger partial charge in [0.25, 0.3) is 0 Å². The lowest BCUT2D eigenvalue weighted by Crippen LogP contribution is -2.27. The molecular weight excluding hydrogens is 232 g/mol. The Labute approximate surface area is 108 Å². The van der Waals surface area contributed by atoms with Gasteiger partial charge < -0.3 is 14.4 Å². The Bertz CT molecular complexity index is 374. The number of carboxylic acid groups (broad SMARTS) is 1. The Morgan fingerprint density at radius 2 is 2.11 bits per heavy atom. The van der Waals surface area contributed by atoms with Crippen LogP contribution in [0.15, 0.2) is 16.7 Å². The van der Waals surface area contributed by atoms with Crippen LogP contribution in [0.1, 0.15) is 29.5 Å². The second-order valence-electron chi connectivity index (χ2n) is 4.61. The minimum atomic E-state index is -1.00. The molecule has 0 aliphatic heterocycles. The normalized spacial score (nSPS) is 11.4. The zero-order valence-corrected chi connectivity index (χ0v) is 11.3. The van der Waals surface area contributed by atoms with Crippen LogP contribution >= 0.6 is 0 Å². The average Bonchev–Trinajstić information content (AvgIpc) is 2.75. The van der Waals surface area contributed by atoms with Crippen molar-refractivity contribution in [3.05, 3.63) is 23.7 Å². The predicted octanol–water partition coefficient (Wildman–Crippen LogP) is 1.75. The van der Waals surface area contributed by atoms with Gasteiger partial charge >= 0.3 is 5.97 Å². The summed E-state index contributed by atoms with van der Waals surface area (Å²) >= 11 is 0. The van der Waals surface area contributed by atoms with Gasteiger partial charge in [0.1, 0.15) is 0 Å². The minimum Gasteiger partial charge on any atom is -0.475 e. The van der Waals surface area contributed by atoms with Crippen molar-refractivity contribution in [2.24, 2.45) is 0 Å². The maximum Gasteiger partial charge on any atom is 0.372 e. The number of nitrogens with zero attached hydrogens (tertiary/aromatic N) is 2. The van der Waals surface area contributed by atoms with Gasteiger partial charge in [-0.1, -0.05) is 6.92 Å². The maximum absolute atomic E-state index is 10.9. The molecule has 102 valence electrons. The number of aromatic carboxylic acids is 1. The smallest absolute Gasteiger partial charge is 0.372 e. The summed E-state index contributed by atoms with van der Waals surface area (Å²) in [5.74, 6) is -0.944. The molecule has 0 radical (unpaired) electrons. The van der Waals surface area contributed by atoms with E-state index in [0.29, 0.717) is 6.54 Å². The van der Waals surface area contributed by atoms with Gasteiger partial charge in [0.15, 0.2) is 0 Å². The zero-order chi connectivity index (χ0) is 13.5. The molecule has 0 saturated carbocycles. The van der Waals surface area contributed by atoms with Crippen LogP contribution in [-0.2, 0) is 6.54 Å². The molecular formula is C13H22N2O3. The fourth-order valence-corrected chi connectivity index (χ4v) is 1.85. The summed E-state index contributed by atoms with van der Waals surface area (Å²) in [5, 5.41) is 8.97. The quantitative estimate of drug-likeness (QED) is 0.766. The number of carboxylic acids is 1. The molecule has 0 aliphatic rings. The van der Waals surface area contributed by atoms with Crippen LogP contribution in [0.2, 0.25) is 0 Å². The molecule has 1 heterocycles. The molecule has 0 fully saturated rings. The van der Waals surface area contributed by atoms with Crippen LogP contribution < -0.4 is 0 Å². The van der Waals surface area contributed by atoms with E-state index in [4.69, 9.17) is 9.52 Å². The summed E-state index contributed by atoms with van der Waals surface area (Å²) < 4.78 is 4.98. The van der Waals surface area contributed by atoms with E-state index in [0.717, 1.165) is 31.6 Å². The molecule has 0 bridgehead atoms. The Morgan fingerprint density at radius 3 is 2.67 bits per heavy atom. The molecule has 1 aromatic heterocycles. The molecule has 0 aliphatic carbocycles. The van der Waals surface area contributed by atoms with E-state index in [1.807, 2.05) is 0 Å². The standard InChI is InChI=1S/C13H22N2O3/c1-4-15(8-5-7-14(2)3)10-11-6-9-18-12(11)13(16)17/h6,9H,4-5,7-8,10H2,1-3H3,(H,16,17). The molecule has 0 saturated heterocycles. The lowest BCUT2D eigenvalue weighted by Gasteiger charge is -2.20. The van der Waals surface area contributed by atoms with Crippen molar-refractivity contribution < 1.29 is 14.3 Å². The molecule has 0 atom stereocenters. The van der Waals surface area contributed by atoms with Gasteiger partial charge in [0.2, 0.25) is 5.76 Å². The summed E-state index contributed by atoms with van der Waals surface area (Å²) in [6.07, 6.45) is 2.51. The van der Waals surface area contributed by atoms with Crippen LogP contribution in [-0.4, -0.2) is 54.6 Å². The second-order valence-corrected chi connectivity index (χ2v) is 4.61. The Balaban J connectivity index is 2.51. The highest BCUT2D eigenvalue weighted by molar-refractivity contribution is 5.86. The summed E-state index contributed by atoms with van der Waals surface area (Å²) in [7, 11) is 4.10. The van der Waals surface area contributed by atoms with Crippen molar-refractivity contribution >= 4 is 5.97 Å². The van der Waals surface area contributed by atoms with Gasteiger partial charge in [-0.3, -0.25) is 4.90 Å². The maximum atomic E-state index is 10.9. The lowest BCUT2D eigenvalue weighted by molar-refractivity contribution is 0.0659. The van der Waals surface area contributed by atoms with Crippen LogP contribution in [0, 0.1) is 0 Å². The van der Waals surface area contributed by atoms with Crippen molar-refractivity contribution in [2.75, 3.05) is 33.7 Å². The van der Waals surface area contributed by atoms with Gasteiger partial charge in [-0.15, -0.1) is 0 Å². The fourth-order valence-electron chi connectivity index (χ4n) is 1.85. The molecule has 5 nitrogen and oxygen atoms in total.